The van der Waals surface area contributed by atoms with E-state index in [2.05, 4.69) is 19.9 Å². The van der Waals surface area contributed by atoms with E-state index in [9.17, 15) is 9.18 Å². The number of nitrogens with zero attached hydrogens (tertiary/aromatic N) is 5. The van der Waals surface area contributed by atoms with Crippen LogP contribution in [-0.2, 0) is 0 Å². The summed E-state index contributed by atoms with van der Waals surface area (Å²) in [4.78, 5) is 33.9. The van der Waals surface area contributed by atoms with Crippen molar-refractivity contribution in [2.75, 3.05) is 0 Å². The van der Waals surface area contributed by atoms with Gasteiger partial charge >= 0.3 is 0 Å². The highest BCUT2D eigenvalue weighted by Gasteiger charge is 2.25. The molecule has 2 aromatic carbocycles. The lowest BCUT2D eigenvalue weighted by atomic mass is 10.1. The lowest BCUT2D eigenvalue weighted by Crippen LogP contribution is -2.26. The monoisotopic (exact) mass is 418 g/mol. The van der Waals surface area contributed by atoms with Crippen molar-refractivity contribution in [3.63, 3.8) is 0 Å². The van der Waals surface area contributed by atoms with Crippen LogP contribution in [0.5, 0.6) is 0 Å². The van der Waals surface area contributed by atoms with Gasteiger partial charge in [0.05, 0.1) is 28.6 Å². The number of imidazole rings is 1. The maximum Gasteiger partial charge on any atom is 0.266 e. The number of benzene rings is 2. The molecule has 1 unspecified atom stereocenters. The molecule has 0 amide bonds. The zero-order chi connectivity index (χ0) is 20.8. The quantitative estimate of drug-likeness (QED) is 0.438. The summed E-state index contributed by atoms with van der Waals surface area (Å²) in [7, 11) is 0. The van der Waals surface area contributed by atoms with E-state index in [4.69, 9.17) is 17.6 Å². The van der Waals surface area contributed by atoms with Gasteiger partial charge in [-0.25, -0.2) is 24.3 Å². The zero-order valence-corrected chi connectivity index (χ0v) is 16.6. The number of nitrogens with one attached hydrogen (secondary N) is 1. The van der Waals surface area contributed by atoms with Gasteiger partial charge in [0.1, 0.15) is 28.7 Å². The normalized spacial score (nSPS) is 12.5. The molecule has 30 heavy (non-hydrogen) atoms. The second-order valence-corrected chi connectivity index (χ2v) is 7.31. The zero-order valence-electron chi connectivity index (χ0n) is 15.7. The van der Waals surface area contributed by atoms with Crippen molar-refractivity contribution in [2.45, 2.75) is 12.2 Å². The number of fused-ring (bicyclic) bond motifs is 2. The van der Waals surface area contributed by atoms with Crippen molar-refractivity contribution in [3.8, 4) is 5.69 Å². The fourth-order valence-corrected chi connectivity index (χ4v) is 3.93. The maximum absolute atomic E-state index is 14.7. The summed E-state index contributed by atoms with van der Waals surface area (Å²) in [6.07, 6.45) is 2.89. The summed E-state index contributed by atoms with van der Waals surface area (Å²) in [5, 5.41) is -0.325. The number of halogens is 1. The molecule has 148 valence electrons. The Labute approximate surface area is 175 Å². The Kier molecular flexibility index (Phi) is 4.32. The number of thiol groups is 1. The van der Waals surface area contributed by atoms with Gasteiger partial charge in [-0.3, -0.25) is 9.36 Å². The molecule has 1 N–H and O–H groups in total. The SMILES string of the molecule is Cc1cccc2nc(C(S)c3ncnc4[nH]cnc34)n(-c3ccccc3F)c(=O)c12. The summed E-state index contributed by atoms with van der Waals surface area (Å²) >= 11 is 4.72. The molecule has 3 aromatic heterocycles. The van der Waals surface area contributed by atoms with Gasteiger partial charge in [-0.05, 0) is 30.7 Å². The van der Waals surface area contributed by atoms with Crippen molar-refractivity contribution in [3.05, 3.63) is 88.4 Å². The predicted octanol–water partition coefficient (Wildman–Crippen LogP) is 3.52. The van der Waals surface area contributed by atoms with Crippen LogP contribution >= 0.6 is 12.6 Å². The third-order valence-electron chi connectivity index (χ3n) is 4.97. The molecule has 0 aliphatic rings. The van der Waals surface area contributed by atoms with Crippen LogP contribution in [0.2, 0.25) is 0 Å². The fraction of sp³-hybridized carbons (Fsp3) is 0.0952. The van der Waals surface area contributed by atoms with Crippen molar-refractivity contribution >= 4 is 34.7 Å². The highest BCUT2D eigenvalue weighted by molar-refractivity contribution is 7.80. The van der Waals surface area contributed by atoms with E-state index in [-0.39, 0.29) is 17.1 Å². The summed E-state index contributed by atoms with van der Waals surface area (Å²) in [5.41, 5.74) is 2.51. The topological polar surface area (TPSA) is 89.3 Å². The molecule has 9 heteroatoms. The molecule has 0 fully saturated rings. The first-order valence-electron chi connectivity index (χ1n) is 9.15. The first-order valence-corrected chi connectivity index (χ1v) is 9.67. The van der Waals surface area contributed by atoms with Crippen LogP contribution in [0, 0.1) is 12.7 Å². The number of rotatable bonds is 3. The molecule has 0 bridgehead atoms. The molecular weight excluding hydrogens is 403 g/mol. The molecule has 0 radical (unpaired) electrons. The predicted molar refractivity (Wildman–Crippen MR) is 115 cm³/mol. The second-order valence-electron chi connectivity index (χ2n) is 6.79. The largest absolute Gasteiger partial charge is 0.329 e. The minimum Gasteiger partial charge on any atom is -0.329 e. The Balaban J connectivity index is 1.87. The van der Waals surface area contributed by atoms with Gasteiger partial charge in [0.2, 0.25) is 0 Å². The molecule has 7 nitrogen and oxygen atoms in total. The third-order valence-corrected chi connectivity index (χ3v) is 5.45. The Morgan fingerprint density at radius 3 is 2.77 bits per heavy atom. The summed E-state index contributed by atoms with van der Waals surface area (Å²) in [6, 6.07) is 11.5. The van der Waals surface area contributed by atoms with E-state index in [1.807, 2.05) is 19.1 Å². The van der Waals surface area contributed by atoms with E-state index in [0.29, 0.717) is 27.8 Å². The van der Waals surface area contributed by atoms with Crippen LogP contribution < -0.4 is 5.56 Å². The molecule has 0 saturated carbocycles. The van der Waals surface area contributed by atoms with Crippen molar-refractivity contribution in [1.82, 2.24) is 29.5 Å². The number of H-pyrrole nitrogens is 1. The summed E-state index contributed by atoms with van der Waals surface area (Å²) in [5.74, 6) is -0.293. The van der Waals surface area contributed by atoms with Crippen LogP contribution in [0.3, 0.4) is 0 Å². The first kappa shape index (κ1) is 18.4. The van der Waals surface area contributed by atoms with E-state index in [0.717, 1.165) is 5.56 Å². The summed E-state index contributed by atoms with van der Waals surface area (Å²) in [6.45, 7) is 1.83. The standard InChI is InChI=1S/C21H15FN6OS/c1-11-5-4-7-13-15(11)21(29)28(14-8-3-2-6-12(14)22)20(27-13)18(30)16-17-19(25-9-23-16)26-10-24-17/h2-10,18,30H,1H3,(H,23,24,25,26). The Morgan fingerprint density at radius 1 is 1.10 bits per heavy atom. The van der Waals surface area contributed by atoms with E-state index in [1.165, 1.54) is 29.4 Å². The van der Waals surface area contributed by atoms with Crippen LogP contribution in [0.4, 0.5) is 4.39 Å². The third kappa shape index (κ3) is 2.78. The average Bonchev–Trinajstić information content (AvgIpc) is 3.23. The Hall–Kier alpha value is -3.59. The van der Waals surface area contributed by atoms with Crippen LogP contribution in [0.1, 0.15) is 22.3 Å². The lowest BCUT2D eigenvalue weighted by Gasteiger charge is -2.19. The van der Waals surface area contributed by atoms with Crippen molar-refractivity contribution < 1.29 is 4.39 Å². The number of aromatic amines is 1. The molecule has 0 saturated heterocycles. The number of hydrogen-bond donors (Lipinski definition) is 2. The second kappa shape index (κ2) is 7.03. The molecule has 5 rings (SSSR count). The van der Waals surface area contributed by atoms with Crippen LogP contribution in [0.25, 0.3) is 27.8 Å². The fourth-order valence-electron chi connectivity index (χ4n) is 3.57. The van der Waals surface area contributed by atoms with Gasteiger partial charge in [-0.2, -0.15) is 12.6 Å². The van der Waals surface area contributed by atoms with Gasteiger partial charge < -0.3 is 4.98 Å². The smallest absolute Gasteiger partial charge is 0.266 e. The van der Waals surface area contributed by atoms with Crippen molar-refractivity contribution in [1.29, 1.82) is 0 Å². The Bertz CT molecular complexity index is 1480. The molecule has 0 aliphatic heterocycles. The van der Waals surface area contributed by atoms with Gasteiger partial charge in [0, 0.05) is 0 Å². The van der Waals surface area contributed by atoms with Gasteiger partial charge in [0.25, 0.3) is 5.56 Å². The molecule has 1 atom stereocenters. The van der Waals surface area contributed by atoms with E-state index >= 15 is 0 Å². The molecule has 0 spiro atoms. The minimum atomic E-state index is -0.754. The van der Waals surface area contributed by atoms with Crippen LogP contribution in [0.15, 0.2) is 59.9 Å². The highest BCUT2D eigenvalue weighted by atomic mass is 32.1. The molecule has 5 aromatic rings. The minimum absolute atomic E-state index is 0.0986. The van der Waals surface area contributed by atoms with E-state index in [1.54, 1.807) is 18.2 Å². The van der Waals surface area contributed by atoms with Crippen molar-refractivity contribution in [2.24, 2.45) is 0 Å². The maximum atomic E-state index is 14.7. The number of aromatic nitrogens is 6. The number of para-hydroxylation sites is 1. The lowest BCUT2D eigenvalue weighted by molar-refractivity contribution is 0.611. The first-order chi connectivity index (χ1) is 14.6. The van der Waals surface area contributed by atoms with E-state index < -0.39 is 11.1 Å². The molecule has 0 aliphatic carbocycles. The average molecular weight is 418 g/mol. The van der Waals surface area contributed by atoms with Crippen LogP contribution in [-0.4, -0.2) is 29.5 Å². The van der Waals surface area contributed by atoms with Gasteiger partial charge in [-0.1, -0.05) is 24.3 Å². The number of hydrogen-bond acceptors (Lipinski definition) is 6. The highest BCUT2D eigenvalue weighted by Crippen LogP contribution is 2.31. The Morgan fingerprint density at radius 2 is 1.93 bits per heavy atom. The van der Waals surface area contributed by atoms with Gasteiger partial charge in [-0.15, -0.1) is 0 Å². The number of aryl methyl sites for hydroxylation is 1. The molecule has 3 heterocycles. The molecular formula is C21H15FN6OS. The summed E-state index contributed by atoms with van der Waals surface area (Å²) < 4.78 is 16.0. The van der Waals surface area contributed by atoms with Gasteiger partial charge in [0.15, 0.2) is 5.65 Å².